The quantitative estimate of drug-likeness (QED) is 0.162. The lowest BCUT2D eigenvalue weighted by molar-refractivity contribution is -0.113. The van der Waals surface area contributed by atoms with Gasteiger partial charge in [-0.15, -0.1) is 23.1 Å². The number of fused-ring (bicyclic) bond motifs is 1. The topological polar surface area (TPSA) is 87.7 Å². The predicted octanol–water partition coefficient (Wildman–Crippen LogP) is 6.73. The summed E-state index contributed by atoms with van der Waals surface area (Å²) in [7, 11) is 1.36. The lowest BCUT2D eigenvalue weighted by Crippen LogP contribution is -2.29. The molecule has 1 aromatic heterocycles. The van der Waals surface area contributed by atoms with Crippen molar-refractivity contribution in [3.05, 3.63) is 111 Å². The summed E-state index contributed by atoms with van der Waals surface area (Å²) in [6.45, 7) is 2.34. The molecule has 0 saturated heterocycles. The SMILES string of the molecule is COC(=O)c1c(NC(=O)CSc2cccc(NC(=O)c3cccc(Cl)c3)c2)sc2c1CCN(Cc1ccccc1)C2. The second-order valence-electron chi connectivity index (χ2n) is 9.47. The number of benzene rings is 3. The molecule has 2 amide bonds. The van der Waals surface area contributed by atoms with Gasteiger partial charge in [-0.25, -0.2) is 4.79 Å². The molecule has 0 fully saturated rings. The Kier molecular flexibility index (Phi) is 9.41. The van der Waals surface area contributed by atoms with Crippen molar-refractivity contribution in [2.24, 2.45) is 0 Å². The molecular weight excluding hydrogens is 578 g/mol. The first-order chi connectivity index (χ1) is 19.9. The van der Waals surface area contributed by atoms with Crippen LogP contribution in [0.1, 0.15) is 36.7 Å². The molecule has 2 N–H and O–H groups in total. The minimum Gasteiger partial charge on any atom is -0.465 e. The van der Waals surface area contributed by atoms with Gasteiger partial charge in [0.1, 0.15) is 5.00 Å². The molecule has 41 heavy (non-hydrogen) atoms. The van der Waals surface area contributed by atoms with Gasteiger partial charge in [-0.3, -0.25) is 14.5 Å². The lowest BCUT2D eigenvalue weighted by atomic mass is 10.0. The monoisotopic (exact) mass is 605 g/mol. The Morgan fingerprint density at radius 1 is 1.00 bits per heavy atom. The van der Waals surface area contributed by atoms with E-state index >= 15 is 0 Å². The maximum absolute atomic E-state index is 13.0. The summed E-state index contributed by atoms with van der Waals surface area (Å²) >= 11 is 8.78. The largest absolute Gasteiger partial charge is 0.465 e. The van der Waals surface area contributed by atoms with E-state index in [9.17, 15) is 14.4 Å². The fourth-order valence-corrected chi connectivity index (χ4v) is 6.89. The van der Waals surface area contributed by atoms with Gasteiger partial charge in [0, 0.05) is 45.7 Å². The molecule has 4 aromatic rings. The van der Waals surface area contributed by atoms with E-state index in [0.29, 0.717) is 39.8 Å². The van der Waals surface area contributed by atoms with E-state index in [2.05, 4.69) is 27.7 Å². The molecule has 0 spiro atoms. The molecule has 1 aliphatic heterocycles. The standard InChI is InChI=1S/C31H28ClN3O4S2/c1-39-31(38)28-25-13-14-35(17-20-7-3-2-4-8-20)18-26(25)41-30(28)34-27(36)19-40-24-12-6-11-23(16-24)33-29(37)21-9-5-10-22(32)15-21/h2-12,15-16H,13-14,17-19H2,1H3,(H,33,37)(H,34,36). The van der Waals surface area contributed by atoms with Gasteiger partial charge in [-0.2, -0.15) is 0 Å². The Bertz CT molecular complexity index is 1570. The molecule has 0 atom stereocenters. The number of hydrogen-bond acceptors (Lipinski definition) is 7. The molecule has 3 aromatic carbocycles. The summed E-state index contributed by atoms with van der Waals surface area (Å²) in [5, 5.41) is 6.82. The third-order valence-corrected chi connectivity index (χ3v) is 8.94. The first-order valence-corrected chi connectivity index (χ1v) is 15.2. The van der Waals surface area contributed by atoms with Crippen LogP contribution in [0.15, 0.2) is 83.8 Å². The van der Waals surface area contributed by atoms with Gasteiger partial charge in [-0.05, 0) is 53.9 Å². The normalized spacial score (nSPS) is 12.8. The van der Waals surface area contributed by atoms with E-state index in [1.807, 2.05) is 36.4 Å². The predicted molar refractivity (Wildman–Crippen MR) is 165 cm³/mol. The number of amides is 2. The van der Waals surface area contributed by atoms with Crippen molar-refractivity contribution in [1.82, 2.24) is 4.90 Å². The van der Waals surface area contributed by atoms with Crippen molar-refractivity contribution < 1.29 is 19.1 Å². The Hall–Kier alpha value is -3.63. The van der Waals surface area contributed by atoms with Crippen molar-refractivity contribution in [3.8, 4) is 0 Å². The Morgan fingerprint density at radius 3 is 2.59 bits per heavy atom. The Labute approximate surface area is 251 Å². The van der Waals surface area contributed by atoms with Gasteiger partial charge < -0.3 is 15.4 Å². The summed E-state index contributed by atoms with van der Waals surface area (Å²) in [4.78, 5) is 42.5. The van der Waals surface area contributed by atoms with Gasteiger partial charge in [0.05, 0.1) is 18.4 Å². The number of nitrogens with one attached hydrogen (secondary N) is 2. The third kappa shape index (κ3) is 7.37. The van der Waals surface area contributed by atoms with E-state index < -0.39 is 5.97 Å². The minimum atomic E-state index is -0.440. The zero-order valence-electron chi connectivity index (χ0n) is 22.3. The van der Waals surface area contributed by atoms with E-state index in [0.717, 1.165) is 28.4 Å². The average Bonchev–Trinajstić information content (AvgIpc) is 3.33. The van der Waals surface area contributed by atoms with Crippen LogP contribution in [0.5, 0.6) is 0 Å². The number of carbonyl (C=O) groups excluding carboxylic acids is 3. The summed E-state index contributed by atoms with van der Waals surface area (Å²) in [6.07, 6.45) is 0.710. The van der Waals surface area contributed by atoms with E-state index in [-0.39, 0.29) is 17.6 Å². The van der Waals surface area contributed by atoms with Crippen LogP contribution in [0.25, 0.3) is 0 Å². The van der Waals surface area contributed by atoms with Gasteiger partial charge in [0.15, 0.2) is 0 Å². The van der Waals surface area contributed by atoms with Crippen LogP contribution in [0, 0.1) is 0 Å². The summed E-state index contributed by atoms with van der Waals surface area (Å²) in [5.74, 6) is -0.806. The molecule has 0 unspecified atom stereocenters. The number of halogens is 1. The number of nitrogens with zero attached hydrogens (tertiary/aromatic N) is 1. The number of methoxy groups -OCH3 is 1. The fourth-order valence-electron chi connectivity index (χ4n) is 4.65. The molecule has 0 radical (unpaired) electrons. The maximum atomic E-state index is 13.0. The van der Waals surface area contributed by atoms with Gasteiger partial charge in [-0.1, -0.05) is 54.1 Å². The molecule has 0 saturated carbocycles. The number of ether oxygens (including phenoxy) is 1. The summed E-state index contributed by atoms with van der Waals surface area (Å²) in [5.41, 5.74) is 3.71. The molecule has 2 heterocycles. The second kappa shape index (κ2) is 13.4. The number of anilines is 2. The van der Waals surface area contributed by atoms with Crippen molar-refractivity contribution in [1.29, 1.82) is 0 Å². The van der Waals surface area contributed by atoms with Gasteiger partial charge in [0.25, 0.3) is 5.91 Å². The Balaban J connectivity index is 1.22. The highest BCUT2D eigenvalue weighted by molar-refractivity contribution is 8.00. The zero-order chi connectivity index (χ0) is 28.8. The molecule has 5 rings (SSSR count). The first kappa shape index (κ1) is 28.9. The van der Waals surface area contributed by atoms with Crippen LogP contribution >= 0.6 is 34.7 Å². The molecule has 0 aliphatic carbocycles. The molecule has 1 aliphatic rings. The molecule has 0 bridgehead atoms. The lowest BCUT2D eigenvalue weighted by Gasteiger charge is -2.27. The van der Waals surface area contributed by atoms with Crippen LogP contribution < -0.4 is 10.6 Å². The Morgan fingerprint density at radius 2 is 1.80 bits per heavy atom. The molecule has 7 nitrogen and oxygen atoms in total. The zero-order valence-corrected chi connectivity index (χ0v) is 24.7. The highest BCUT2D eigenvalue weighted by Crippen LogP contribution is 2.38. The highest BCUT2D eigenvalue weighted by Gasteiger charge is 2.29. The van der Waals surface area contributed by atoms with Crippen molar-refractivity contribution >= 4 is 63.2 Å². The van der Waals surface area contributed by atoms with Crippen molar-refractivity contribution in [3.63, 3.8) is 0 Å². The molecule has 10 heteroatoms. The molecule has 210 valence electrons. The van der Waals surface area contributed by atoms with E-state index in [1.165, 1.54) is 35.8 Å². The summed E-state index contributed by atoms with van der Waals surface area (Å²) < 4.78 is 5.07. The number of carbonyl (C=O) groups is 3. The van der Waals surface area contributed by atoms with Gasteiger partial charge in [0.2, 0.25) is 5.91 Å². The number of hydrogen-bond donors (Lipinski definition) is 2. The summed E-state index contributed by atoms with van der Waals surface area (Å²) in [6, 6.07) is 24.3. The average molecular weight is 606 g/mol. The number of thiophene rings is 1. The van der Waals surface area contributed by atoms with Crippen LogP contribution in [0.2, 0.25) is 5.02 Å². The van der Waals surface area contributed by atoms with Crippen LogP contribution in [-0.4, -0.2) is 42.1 Å². The number of thioether (sulfide) groups is 1. The van der Waals surface area contributed by atoms with Crippen LogP contribution in [-0.2, 0) is 29.0 Å². The van der Waals surface area contributed by atoms with E-state index in [1.54, 1.807) is 30.3 Å². The fraction of sp³-hybridized carbons (Fsp3) is 0.194. The first-order valence-electron chi connectivity index (χ1n) is 13.0. The highest BCUT2D eigenvalue weighted by atomic mass is 35.5. The van der Waals surface area contributed by atoms with Gasteiger partial charge >= 0.3 is 5.97 Å². The second-order valence-corrected chi connectivity index (χ2v) is 12.1. The third-order valence-electron chi connectivity index (χ3n) is 6.58. The number of rotatable bonds is 9. The van der Waals surface area contributed by atoms with Crippen LogP contribution in [0.4, 0.5) is 10.7 Å². The maximum Gasteiger partial charge on any atom is 0.341 e. The van der Waals surface area contributed by atoms with E-state index in [4.69, 9.17) is 16.3 Å². The molecular formula is C31H28ClN3O4S2. The number of esters is 1. The van der Waals surface area contributed by atoms with Crippen LogP contribution in [0.3, 0.4) is 0 Å². The minimum absolute atomic E-state index is 0.134. The van der Waals surface area contributed by atoms with Crippen molar-refractivity contribution in [2.75, 3.05) is 30.0 Å². The smallest absolute Gasteiger partial charge is 0.341 e. The van der Waals surface area contributed by atoms with Crippen molar-refractivity contribution in [2.45, 2.75) is 24.4 Å².